The van der Waals surface area contributed by atoms with Crippen LogP contribution in [-0.4, -0.2) is 18.2 Å². The summed E-state index contributed by atoms with van der Waals surface area (Å²) in [5.41, 5.74) is 2.13. The zero-order chi connectivity index (χ0) is 16.2. The minimum Gasteiger partial charge on any atom is -0.322 e. The number of amides is 1. The van der Waals surface area contributed by atoms with Gasteiger partial charge in [-0.1, -0.05) is 29.3 Å². The summed E-state index contributed by atoms with van der Waals surface area (Å²) in [6.07, 6.45) is 2.40. The Hall–Kier alpha value is -1.36. The molecule has 2 aromatic rings. The smallest absolute Gasteiger partial charge is 0.257 e. The van der Waals surface area contributed by atoms with Gasteiger partial charge in [0.05, 0.1) is 10.6 Å². The molecule has 2 aromatic carbocycles. The molecule has 0 unspecified atom stereocenters. The maximum atomic E-state index is 12.5. The van der Waals surface area contributed by atoms with E-state index in [1.165, 1.54) is 12.8 Å². The fourth-order valence-electron chi connectivity index (χ4n) is 2.41. The number of nitrogens with zero attached hydrogens (tertiary/aromatic N) is 1. The summed E-state index contributed by atoms with van der Waals surface area (Å²) in [6.45, 7) is 0.988. The summed E-state index contributed by atoms with van der Waals surface area (Å²) < 4.78 is 2.22. The topological polar surface area (TPSA) is 32.3 Å². The van der Waals surface area contributed by atoms with Crippen molar-refractivity contribution in [1.82, 2.24) is 0 Å². The molecule has 3 rings (SSSR count). The molecule has 1 saturated heterocycles. The molecule has 0 saturated carbocycles. The number of halogens is 2. The zero-order valence-electron chi connectivity index (χ0n) is 12.4. The van der Waals surface area contributed by atoms with Gasteiger partial charge in [-0.3, -0.25) is 4.79 Å². The van der Waals surface area contributed by atoms with Crippen LogP contribution in [0.3, 0.4) is 0 Å². The molecule has 6 heteroatoms. The van der Waals surface area contributed by atoms with Gasteiger partial charge in [0, 0.05) is 28.7 Å². The van der Waals surface area contributed by atoms with Gasteiger partial charge in [-0.2, -0.15) is 0 Å². The van der Waals surface area contributed by atoms with Gasteiger partial charge < -0.3 is 9.62 Å². The second-order valence-corrected chi connectivity index (χ2v) is 7.22. The molecule has 1 N–H and O–H groups in total. The highest BCUT2D eigenvalue weighted by molar-refractivity contribution is 8.00. The van der Waals surface area contributed by atoms with Crippen LogP contribution in [0.4, 0.5) is 11.4 Å². The normalized spacial score (nSPS) is 14.6. The predicted octanol–water partition coefficient (Wildman–Crippen LogP) is 5.49. The highest BCUT2D eigenvalue weighted by Gasteiger charge is 2.16. The number of carbonyl (C=O) groups excluding carboxylic acids is 1. The number of benzene rings is 2. The van der Waals surface area contributed by atoms with E-state index in [1.54, 1.807) is 42.3 Å². The van der Waals surface area contributed by atoms with Crippen molar-refractivity contribution in [3.63, 3.8) is 0 Å². The van der Waals surface area contributed by atoms with Crippen LogP contribution in [0.25, 0.3) is 0 Å². The van der Waals surface area contributed by atoms with Crippen LogP contribution in [0.1, 0.15) is 23.2 Å². The molecule has 0 aromatic heterocycles. The molecule has 1 aliphatic rings. The lowest BCUT2D eigenvalue weighted by Crippen LogP contribution is -2.21. The van der Waals surface area contributed by atoms with E-state index in [0.717, 1.165) is 18.0 Å². The van der Waals surface area contributed by atoms with Gasteiger partial charge in [0.1, 0.15) is 0 Å². The summed E-state index contributed by atoms with van der Waals surface area (Å²) in [5, 5.41) is 3.85. The van der Waals surface area contributed by atoms with Crippen LogP contribution in [-0.2, 0) is 0 Å². The number of hydrogen-bond acceptors (Lipinski definition) is 3. The monoisotopic (exact) mass is 366 g/mol. The van der Waals surface area contributed by atoms with Gasteiger partial charge >= 0.3 is 0 Å². The predicted molar refractivity (Wildman–Crippen MR) is 99.9 cm³/mol. The Morgan fingerprint density at radius 1 is 1.13 bits per heavy atom. The first-order valence-corrected chi connectivity index (χ1v) is 9.10. The van der Waals surface area contributed by atoms with Crippen molar-refractivity contribution in [1.29, 1.82) is 0 Å². The Morgan fingerprint density at radius 2 is 2.00 bits per heavy atom. The van der Waals surface area contributed by atoms with Gasteiger partial charge in [-0.05, 0) is 61.2 Å². The van der Waals surface area contributed by atoms with E-state index in [0.29, 0.717) is 21.3 Å². The molecule has 0 bridgehead atoms. The van der Waals surface area contributed by atoms with Gasteiger partial charge in [0.2, 0.25) is 0 Å². The van der Waals surface area contributed by atoms with E-state index >= 15 is 0 Å². The number of nitrogens with one attached hydrogen (secondary N) is 1. The maximum absolute atomic E-state index is 12.5. The number of anilines is 2. The Kier molecular flexibility index (Phi) is 5.36. The molecule has 120 valence electrons. The molecule has 1 fully saturated rings. The lowest BCUT2D eigenvalue weighted by molar-refractivity contribution is 0.102. The second kappa shape index (κ2) is 7.47. The quantitative estimate of drug-likeness (QED) is 0.728. The average Bonchev–Trinajstić information content (AvgIpc) is 2.56. The van der Waals surface area contributed by atoms with Crippen molar-refractivity contribution >= 4 is 52.4 Å². The number of hydrogen-bond donors (Lipinski definition) is 1. The minimum atomic E-state index is -0.235. The fourth-order valence-corrected chi connectivity index (χ4v) is 3.88. The molecule has 0 aliphatic carbocycles. The van der Waals surface area contributed by atoms with E-state index in [4.69, 9.17) is 23.2 Å². The average molecular weight is 367 g/mol. The number of rotatable bonds is 3. The van der Waals surface area contributed by atoms with Crippen LogP contribution in [0.5, 0.6) is 0 Å². The molecule has 0 atom stereocenters. The van der Waals surface area contributed by atoms with E-state index in [2.05, 4.69) is 9.62 Å². The highest BCUT2D eigenvalue weighted by atomic mass is 35.5. The molecule has 0 radical (unpaired) electrons. The minimum absolute atomic E-state index is 0.235. The third-order valence-electron chi connectivity index (χ3n) is 3.57. The van der Waals surface area contributed by atoms with Crippen molar-refractivity contribution in [2.24, 2.45) is 0 Å². The Bertz CT molecular complexity index is 717. The summed E-state index contributed by atoms with van der Waals surface area (Å²) in [5.74, 6) is 0.869. The zero-order valence-corrected chi connectivity index (χ0v) is 14.7. The molecule has 1 aliphatic heterocycles. The van der Waals surface area contributed by atoms with E-state index < -0.39 is 0 Å². The first kappa shape index (κ1) is 16.5. The summed E-state index contributed by atoms with van der Waals surface area (Å²) in [4.78, 5) is 12.5. The van der Waals surface area contributed by atoms with Crippen molar-refractivity contribution in [2.45, 2.75) is 12.8 Å². The highest BCUT2D eigenvalue weighted by Crippen LogP contribution is 2.31. The second-order valence-electron chi connectivity index (χ2n) is 5.27. The van der Waals surface area contributed by atoms with Crippen molar-refractivity contribution in [3.8, 4) is 0 Å². The molecule has 0 spiro atoms. The summed E-state index contributed by atoms with van der Waals surface area (Å²) in [7, 11) is 0. The third-order valence-corrected chi connectivity index (χ3v) is 5.31. The molecule has 23 heavy (non-hydrogen) atoms. The standard InChI is InChI=1S/C17H16Cl2N2OS/c18-12-4-3-5-13(10-12)20-17(22)15-11-14(6-7-16(15)19)21-8-1-2-9-23-21/h3-7,10-11H,1-2,8-9H2,(H,20,22). The first-order chi connectivity index (χ1) is 11.1. The largest absolute Gasteiger partial charge is 0.322 e. The summed E-state index contributed by atoms with van der Waals surface area (Å²) in [6, 6.07) is 12.6. The molecular formula is C17H16Cl2N2OS. The lowest BCUT2D eigenvalue weighted by atomic mass is 10.1. The molecule has 1 amide bonds. The van der Waals surface area contributed by atoms with Gasteiger partial charge in [-0.25, -0.2) is 0 Å². The van der Waals surface area contributed by atoms with Crippen molar-refractivity contribution in [3.05, 3.63) is 58.1 Å². The van der Waals surface area contributed by atoms with Crippen LogP contribution < -0.4 is 9.62 Å². The Balaban J connectivity index is 1.81. The Morgan fingerprint density at radius 3 is 2.74 bits per heavy atom. The van der Waals surface area contributed by atoms with E-state index in [9.17, 15) is 4.79 Å². The Labute approximate surface area is 150 Å². The van der Waals surface area contributed by atoms with Gasteiger partial charge in [0.15, 0.2) is 0 Å². The van der Waals surface area contributed by atoms with Gasteiger partial charge in [-0.15, -0.1) is 0 Å². The van der Waals surface area contributed by atoms with E-state index in [-0.39, 0.29) is 5.91 Å². The number of carbonyl (C=O) groups is 1. The van der Waals surface area contributed by atoms with Crippen LogP contribution in [0.15, 0.2) is 42.5 Å². The maximum Gasteiger partial charge on any atom is 0.257 e. The van der Waals surface area contributed by atoms with Gasteiger partial charge in [0.25, 0.3) is 5.91 Å². The third kappa shape index (κ3) is 4.14. The van der Waals surface area contributed by atoms with Crippen molar-refractivity contribution < 1.29 is 4.79 Å². The molecule has 3 nitrogen and oxygen atoms in total. The fraction of sp³-hybridized carbons (Fsp3) is 0.235. The SMILES string of the molecule is O=C(Nc1cccc(Cl)c1)c1cc(N2CCCCS2)ccc1Cl. The lowest BCUT2D eigenvalue weighted by Gasteiger charge is -2.27. The van der Waals surface area contributed by atoms with Crippen molar-refractivity contribution in [2.75, 3.05) is 21.9 Å². The van der Waals surface area contributed by atoms with Crippen LogP contribution in [0, 0.1) is 0 Å². The summed E-state index contributed by atoms with van der Waals surface area (Å²) >= 11 is 14.0. The van der Waals surface area contributed by atoms with Crippen LogP contribution in [0.2, 0.25) is 10.0 Å². The molecular weight excluding hydrogens is 351 g/mol. The van der Waals surface area contributed by atoms with E-state index in [1.807, 2.05) is 12.1 Å². The van der Waals surface area contributed by atoms with Crippen LogP contribution >= 0.6 is 35.1 Å². The first-order valence-electron chi connectivity index (χ1n) is 7.40. The molecule has 1 heterocycles.